The SMILES string of the molecule is Cc1[nH][nH]c(=O)c1-c1cc(C(=O)c2ccc(NC(=O)C3CC3)cc2)c2ccccc2n1. The molecule has 7 nitrogen and oxygen atoms in total. The molecule has 2 aromatic heterocycles. The number of rotatable bonds is 5. The number of carbonyl (C=O) groups is 2. The predicted octanol–water partition coefficient (Wildman–Crippen LogP) is 3.81. The van der Waals surface area contributed by atoms with Gasteiger partial charge in [0.25, 0.3) is 5.56 Å². The number of aryl methyl sites for hydroxylation is 1. The Labute approximate surface area is 177 Å². The number of H-pyrrole nitrogens is 2. The minimum atomic E-state index is -0.283. The normalized spacial score (nSPS) is 13.3. The number of nitrogens with one attached hydrogen (secondary N) is 3. The Morgan fingerprint density at radius 3 is 2.45 bits per heavy atom. The third-order valence-electron chi connectivity index (χ3n) is 5.55. The van der Waals surface area contributed by atoms with E-state index in [1.807, 2.05) is 24.3 Å². The smallest absolute Gasteiger partial charge is 0.273 e. The number of fused-ring (bicyclic) bond motifs is 1. The average Bonchev–Trinajstić information content (AvgIpc) is 3.58. The number of aromatic nitrogens is 3. The summed E-state index contributed by atoms with van der Waals surface area (Å²) in [6.07, 6.45) is 1.87. The summed E-state index contributed by atoms with van der Waals surface area (Å²) in [5, 5.41) is 8.95. The lowest BCUT2D eigenvalue weighted by Gasteiger charge is -2.10. The maximum Gasteiger partial charge on any atom is 0.273 e. The number of aromatic amines is 2. The van der Waals surface area contributed by atoms with Gasteiger partial charge >= 0.3 is 0 Å². The molecule has 2 aromatic carbocycles. The third kappa shape index (κ3) is 3.54. The molecule has 7 heteroatoms. The first-order valence-corrected chi connectivity index (χ1v) is 10.1. The van der Waals surface area contributed by atoms with Crippen molar-refractivity contribution in [2.45, 2.75) is 19.8 Å². The van der Waals surface area contributed by atoms with Crippen molar-refractivity contribution in [1.29, 1.82) is 0 Å². The van der Waals surface area contributed by atoms with Crippen molar-refractivity contribution in [2.24, 2.45) is 5.92 Å². The molecule has 0 atom stereocenters. The molecule has 0 unspecified atom stereocenters. The van der Waals surface area contributed by atoms with Gasteiger partial charge in [-0.05, 0) is 56.2 Å². The zero-order valence-electron chi connectivity index (χ0n) is 16.9. The number of benzene rings is 2. The fraction of sp³-hybridized carbons (Fsp3) is 0.167. The van der Waals surface area contributed by atoms with E-state index in [-0.39, 0.29) is 23.2 Å². The van der Waals surface area contributed by atoms with Gasteiger partial charge in [0.2, 0.25) is 5.91 Å². The van der Waals surface area contributed by atoms with Crippen molar-refractivity contribution in [1.82, 2.24) is 15.2 Å². The highest BCUT2D eigenvalue weighted by Crippen LogP contribution is 2.30. The van der Waals surface area contributed by atoms with Crippen LogP contribution in [0.5, 0.6) is 0 Å². The maximum absolute atomic E-state index is 13.4. The van der Waals surface area contributed by atoms with E-state index in [2.05, 4.69) is 20.5 Å². The summed E-state index contributed by atoms with van der Waals surface area (Å²) in [5.41, 5.74) is 3.49. The van der Waals surface area contributed by atoms with Crippen molar-refractivity contribution < 1.29 is 9.59 Å². The number of anilines is 1. The van der Waals surface area contributed by atoms with Gasteiger partial charge in [-0.15, -0.1) is 0 Å². The van der Waals surface area contributed by atoms with Gasteiger partial charge in [-0.25, -0.2) is 4.98 Å². The van der Waals surface area contributed by atoms with Crippen LogP contribution in [0.4, 0.5) is 5.69 Å². The molecule has 0 aliphatic heterocycles. The zero-order chi connectivity index (χ0) is 21.5. The second-order valence-electron chi connectivity index (χ2n) is 7.82. The summed E-state index contributed by atoms with van der Waals surface area (Å²) in [4.78, 5) is 42.2. The van der Waals surface area contributed by atoms with Gasteiger partial charge in [-0.3, -0.25) is 19.5 Å². The fourth-order valence-corrected chi connectivity index (χ4v) is 3.70. The van der Waals surface area contributed by atoms with Crippen LogP contribution < -0.4 is 10.9 Å². The molecule has 31 heavy (non-hydrogen) atoms. The Balaban J connectivity index is 1.55. The summed E-state index contributed by atoms with van der Waals surface area (Å²) in [6, 6.07) is 15.9. The molecule has 0 saturated heterocycles. The van der Waals surface area contributed by atoms with Crippen LogP contribution in [0.15, 0.2) is 59.4 Å². The summed E-state index contributed by atoms with van der Waals surface area (Å²) in [5.74, 6) is -0.0385. The lowest BCUT2D eigenvalue weighted by atomic mass is 9.97. The van der Waals surface area contributed by atoms with Crippen molar-refractivity contribution in [3.05, 3.63) is 81.8 Å². The molecule has 1 aliphatic carbocycles. The lowest BCUT2D eigenvalue weighted by molar-refractivity contribution is -0.117. The van der Waals surface area contributed by atoms with Gasteiger partial charge < -0.3 is 10.4 Å². The van der Waals surface area contributed by atoms with Crippen LogP contribution in [0.2, 0.25) is 0 Å². The number of amides is 1. The molecule has 5 rings (SSSR count). The molecule has 1 amide bonds. The van der Waals surface area contributed by atoms with E-state index in [1.165, 1.54) is 0 Å². The molecule has 4 aromatic rings. The van der Waals surface area contributed by atoms with Gasteiger partial charge in [0, 0.05) is 33.8 Å². The van der Waals surface area contributed by atoms with E-state index < -0.39 is 0 Å². The van der Waals surface area contributed by atoms with Crippen LogP contribution in [0.25, 0.3) is 22.2 Å². The summed E-state index contributed by atoms with van der Waals surface area (Å²) in [6.45, 7) is 1.78. The number of carbonyl (C=O) groups excluding carboxylic acids is 2. The lowest BCUT2D eigenvalue weighted by Crippen LogP contribution is -2.13. The van der Waals surface area contributed by atoms with Crippen LogP contribution in [0.3, 0.4) is 0 Å². The summed E-state index contributed by atoms with van der Waals surface area (Å²) < 4.78 is 0. The highest BCUT2D eigenvalue weighted by atomic mass is 16.2. The number of para-hydroxylation sites is 1. The van der Waals surface area contributed by atoms with Crippen LogP contribution in [0.1, 0.15) is 34.5 Å². The molecule has 2 heterocycles. The fourth-order valence-electron chi connectivity index (χ4n) is 3.70. The van der Waals surface area contributed by atoms with Gasteiger partial charge in [-0.1, -0.05) is 18.2 Å². The van der Waals surface area contributed by atoms with E-state index in [4.69, 9.17) is 0 Å². The number of pyridine rings is 1. The molecule has 0 radical (unpaired) electrons. The number of ketones is 1. The van der Waals surface area contributed by atoms with Crippen molar-refractivity contribution >= 4 is 28.3 Å². The van der Waals surface area contributed by atoms with Crippen LogP contribution >= 0.6 is 0 Å². The van der Waals surface area contributed by atoms with Gasteiger partial charge in [0.1, 0.15) is 0 Å². The Bertz CT molecular complexity index is 1380. The summed E-state index contributed by atoms with van der Waals surface area (Å²) in [7, 11) is 0. The first-order valence-electron chi connectivity index (χ1n) is 10.1. The number of hydrogen-bond donors (Lipinski definition) is 3. The van der Waals surface area contributed by atoms with Crippen LogP contribution in [0, 0.1) is 12.8 Å². The monoisotopic (exact) mass is 412 g/mol. The molecule has 3 N–H and O–H groups in total. The van der Waals surface area contributed by atoms with Crippen LogP contribution in [-0.4, -0.2) is 26.9 Å². The van der Waals surface area contributed by atoms with Crippen molar-refractivity contribution in [3.63, 3.8) is 0 Å². The molecule has 1 saturated carbocycles. The molecule has 0 bridgehead atoms. The van der Waals surface area contributed by atoms with E-state index >= 15 is 0 Å². The number of nitrogens with zero attached hydrogens (tertiary/aromatic N) is 1. The Morgan fingerprint density at radius 2 is 1.77 bits per heavy atom. The zero-order valence-corrected chi connectivity index (χ0v) is 16.9. The Morgan fingerprint density at radius 1 is 1.03 bits per heavy atom. The maximum atomic E-state index is 13.4. The van der Waals surface area contributed by atoms with Crippen molar-refractivity contribution in [3.8, 4) is 11.3 Å². The molecule has 154 valence electrons. The quantitative estimate of drug-likeness (QED) is 0.433. The topological polar surface area (TPSA) is 108 Å². The molecular formula is C24H20N4O3. The van der Waals surface area contributed by atoms with Gasteiger partial charge in [0.15, 0.2) is 5.78 Å². The van der Waals surface area contributed by atoms with Crippen molar-refractivity contribution in [2.75, 3.05) is 5.32 Å². The molecule has 1 aliphatic rings. The van der Waals surface area contributed by atoms with Gasteiger partial charge in [-0.2, -0.15) is 0 Å². The van der Waals surface area contributed by atoms with E-state index in [0.717, 1.165) is 12.8 Å². The molecule has 0 spiro atoms. The highest BCUT2D eigenvalue weighted by Gasteiger charge is 2.29. The average molecular weight is 412 g/mol. The third-order valence-corrected chi connectivity index (χ3v) is 5.55. The second kappa shape index (κ2) is 7.36. The first kappa shape index (κ1) is 19.0. The minimum Gasteiger partial charge on any atom is -0.326 e. The summed E-state index contributed by atoms with van der Waals surface area (Å²) >= 11 is 0. The van der Waals surface area contributed by atoms with E-state index in [1.54, 1.807) is 37.3 Å². The standard InChI is InChI=1S/C24H20N4O3/c1-13-21(24(31)28-27-13)20-12-18(17-4-2-3-5-19(17)26-20)22(29)14-8-10-16(11-9-14)25-23(30)15-6-7-15/h2-5,8-12,15H,6-7H2,1H3,(H,25,30)(H2,27,28,31). The molecule has 1 fully saturated rings. The van der Waals surface area contributed by atoms with Crippen LogP contribution in [-0.2, 0) is 4.79 Å². The first-order chi connectivity index (χ1) is 15.0. The minimum absolute atomic E-state index is 0.0240. The second-order valence-corrected chi connectivity index (χ2v) is 7.82. The highest BCUT2D eigenvalue weighted by molar-refractivity contribution is 6.16. The Kier molecular flexibility index (Phi) is 4.51. The molecular weight excluding hydrogens is 392 g/mol. The van der Waals surface area contributed by atoms with E-state index in [0.29, 0.717) is 44.7 Å². The predicted molar refractivity (Wildman–Crippen MR) is 118 cm³/mol. The van der Waals surface area contributed by atoms with E-state index in [9.17, 15) is 14.4 Å². The Hall–Kier alpha value is -4.00. The number of hydrogen-bond acceptors (Lipinski definition) is 4. The largest absolute Gasteiger partial charge is 0.326 e. The van der Waals surface area contributed by atoms with Gasteiger partial charge in [0.05, 0.1) is 16.8 Å².